The Bertz CT molecular complexity index is 760. The minimum Gasteiger partial charge on any atom is -0.349 e. The van der Waals surface area contributed by atoms with Crippen LogP contribution in [0.5, 0.6) is 0 Å². The van der Waals surface area contributed by atoms with Crippen LogP contribution in [0.25, 0.3) is 0 Å². The zero-order valence-corrected chi connectivity index (χ0v) is 12.7. The summed E-state index contributed by atoms with van der Waals surface area (Å²) in [4.78, 5) is 24.4. The highest BCUT2D eigenvalue weighted by Crippen LogP contribution is 2.32. The van der Waals surface area contributed by atoms with Crippen LogP contribution in [0.3, 0.4) is 0 Å². The molecule has 1 heterocycles. The van der Waals surface area contributed by atoms with E-state index >= 15 is 0 Å². The van der Waals surface area contributed by atoms with Crippen molar-refractivity contribution in [1.29, 1.82) is 0 Å². The minimum absolute atomic E-state index is 0.0901. The number of hydrogen-bond donors (Lipinski definition) is 2. The van der Waals surface area contributed by atoms with Gasteiger partial charge in [-0.2, -0.15) is 0 Å². The van der Waals surface area contributed by atoms with Gasteiger partial charge in [-0.3, -0.25) is 9.59 Å². The Morgan fingerprint density at radius 1 is 1.22 bits per heavy atom. The Balaban J connectivity index is 1.81. The highest BCUT2D eigenvalue weighted by molar-refractivity contribution is 6.01. The first-order chi connectivity index (χ1) is 11.1. The molecule has 118 valence electrons. The molecule has 0 radical (unpaired) electrons. The first-order valence-electron chi connectivity index (χ1n) is 7.50. The quantitative estimate of drug-likeness (QED) is 0.915. The number of carbonyl (C=O) groups is 2. The molecular formula is C18H17FN2O2. The first-order valence-corrected chi connectivity index (χ1v) is 7.50. The molecule has 0 saturated carbocycles. The van der Waals surface area contributed by atoms with Gasteiger partial charge in [0.25, 0.3) is 0 Å². The van der Waals surface area contributed by atoms with Crippen LogP contribution in [0, 0.1) is 5.82 Å². The van der Waals surface area contributed by atoms with E-state index in [1.54, 1.807) is 37.3 Å². The van der Waals surface area contributed by atoms with Crippen molar-refractivity contribution < 1.29 is 14.0 Å². The number of halogens is 1. The molecule has 2 unspecified atom stereocenters. The van der Waals surface area contributed by atoms with Crippen LogP contribution in [0.2, 0.25) is 0 Å². The fourth-order valence-electron chi connectivity index (χ4n) is 2.86. The normalized spacial score (nSPS) is 17.8. The van der Waals surface area contributed by atoms with E-state index in [0.29, 0.717) is 11.3 Å². The standard InChI is InChI=1S/C18H17FN2O2/c1-11(12-6-2-4-8-15(12)19)20-18(23)14-10-17(22)21-16-9-5-3-7-13(14)16/h2-9,11,14H,10H2,1H3,(H,20,23)(H,21,22). The maximum atomic E-state index is 13.8. The van der Waals surface area contributed by atoms with E-state index in [0.717, 1.165) is 5.56 Å². The van der Waals surface area contributed by atoms with Crippen LogP contribution in [-0.2, 0) is 9.59 Å². The van der Waals surface area contributed by atoms with E-state index in [4.69, 9.17) is 0 Å². The average molecular weight is 312 g/mol. The van der Waals surface area contributed by atoms with Gasteiger partial charge in [-0.1, -0.05) is 36.4 Å². The number of rotatable bonds is 3. The van der Waals surface area contributed by atoms with Gasteiger partial charge in [-0.25, -0.2) is 4.39 Å². The first kappa shape index (κ1) is 15.2. The van der Waals surface area contributed by atoms with Crippen LogP contribution in [-0.4, -0.2) is 11.8 Å². The van der Waals surface area contributed by atoms with Gasteiger partial charge < -0.3 is 10.6 Å². The third kappa shape index (κ3) is 3.08. The molecule has 3 rings (SSSR count). The van der Waals surface area contributed by atoms with Gasteiger partial charge in [0.15, 0.2) is 0 Å². The Morgan fingerprint density at radius 2 is 1.91 bits per heavy atom. The van der Waals surface area contributed by atoms with Crippen molar-refractivity contribution in [3.8, 4) is 0 Å². The van der Waals surface area contributed by atoms with Gasteiger partial charge in [-0.05, 0) is 24.6 Å². The largest absolute Gasteiger partial charge is 0.349 e. The number of para-hydroxylation sites is 1. The molecule has 1 aliphatic heterocycles. The Kier molecular flexibility index (Phi) is 4.10. The zero-order valence-electron chi connectivity index (χ0n) is 12.7. The predicted molar refractivity (Wildman–Crippen MR) is 85.4 cm³/mol. The van der Waals surface area contributed by atoms with E-state index in [1.807, 2.05) is 12.1 Å². The molecule has 2 aromatic rings. The minimum atomic E-state index is -0.561. The van der Waals surface area contributed by atoms with Gasteiger partial charge in [0.2, 0.25) is 11.8 Å². The Labute approximate surface area is 133 Å². The smallest absolute Gasteiger partial charge is 0.228 e. The summed E-state index contributed by atoms with van der Waals surface area (Å²) in [5, 5.41) is 5.57. The number of fused-ring (bicyclic) bond motifs is 1. The monoisotopic (exact) mass is 312 g/mol. The topological polar surface area (TPSA) is 58.2 Å². The summed E-state index contributed by atoms with van der Waals surface area (Å²) in [6, 6.07) is 13.1. The van der Waals surface area contributed by atoms with Crippen molar-refractivity contribution >= 4 is 17.5 Å². The van der Waals surface area contributed by atoms with Crippen molar-refractivity contribution in [1.82, 2.24) is 5.32 Å². The molecule has 0 aromatic heterocycles. The van der Waals surface area contributed by atoms with Crippen LogP contribution in [0.4, 0.5) is 10.1 Å². The second-order valence-corrected chi connectivity index (χ2v) is 5.64. The highest BCUT2D eigenvalue weighted by Gasteiger charge is 2.31. The molecule has 2 atom stereocenters. The number of benzene rings is 2. The van der Waals surface area contributed by atoms with E-state index in [1.165, 1.54) is 6.07 Å². The summed E-state index contributed by atoms with van der Waals surface area (Å²) in [7, 11) is 0. The summed E-state index contributed by atoms with van der Waals surface area (Å²) in [6.45, 7) is 1.73. The average Bonchev–Trinajstić information content (AvgIpc) is 2.54. The van der Waals surface area contributed by atoms with Crippen molar-refractivity contribution in [2.24, 2.45) is 0 Å². The van der Waals surface area contributed by atoms with E-state index in [2.05, 4.69) is 10.6 Å². The van der Waals surface area contributed by atoms with Gasteiger partial charge in [-0.15, -0.1) is 0 Å². The number of anilines is 1. The molecule has 5 heteroatoms. The molecule has 4 nitrogen and oxygen atoms in total. The molecule has 0 aliphatic carbocycles. The third-order valence-electron chi connectivity index (χ3n) is 4.05. The molecule has 2 amide bonds. The van der Waals surface area contributed by atoms with Crippen LogP contribution in [0.15, 0.2) is 48.5 Å². The lowest BCUT2D eigenvalue weighted by Crippen LogP contribution is -2.36. The Hall–Kier alpha value is -2.69. The van der Waals surface area contributed by atoms with Crippen molar-refractivity contribution in [3.05, 3.63) is 65.5 Å². The van der Waals surface area contributed by atoms with Crippen molar-refractivity contribution in [2.45, 2.75) is 25.3 Å². The van der Waals surface area contributed by atoms with Crippen molar-refractivity contribution in [3.63, 3.8) is 0 Å². The van der Waals surface area contributed by atoms with Gasteiger partial charge in [0.05, 0.1) is 12.0 Å². The molecule has 1 aliphatic rings. The van der Waals surface area contributed by atoms with E-state index in [9.17, 15) is 14.0 Å². The number of hydrogen-bond acceptors (Lipinski definition) is 2. The number of carbonyl (C=O) groups excluding carboxylic acids is 2. The summed E-state index contributed by atoms with van der Waals surface area (Å²) in [5.41, 5.74) is 1.86. The summed E-state index contributed by atoms with van der Waals surface area (Å²) < 4.78 is 13.8. The molecular weight excluding hydrogens is 295 g/mol. The highest BCUT2D eigenvalue weighted by atomic mass is 19.1. The molecule has 0 bridgehead atoms. The van der Waals surface area contributed by atoms with E-state index in [-0.39, 0.29) is 24.1 Å². The molecule has 2 N–H and O–H groups in total. The van der Waals surface area contributed by atoms with Crippen LogP contribution in [0.1, 0.15) is 36.4 Å². The molecule has 2 aromatic carbocycles. The third-order valence-corrected chi connectivity index (χ3v) is 4.05. The molecule has 0 spiro atoms. The van der Waals surface area contributed by atoms with Crippen LogP contribution < -0.4 is 10.6 Å². The van der Waals surface area contributed by atoms with E-state index < -0.39 is 12.0 Å². The van der Waals surface area contributed by atoms with Crippen LogP contribution >= 0.6 is 0 Å². The van der Waals surface area contributed by atoms with Gasteiger partial charge in [0, 0.05) is 17.7 Å². The lowest BCUT2D eigenvalue weighted by Gasteiger charge is -2.26. The maximum absolute atomic E-state index is 13.8. The maximum Gasteiger partial charge on any atom is 0.228 e. The summed E-state index contributed by atoms with van der Waals surface area (Å²) in [6.07, 6.45) is 0.0901. The molecule has 0 fully saturated rings. The lowest BCUT2D eigenvalue weighted by molar-refractivity contribution is -0.126. The second kappa shape index (κ2) is 6.20. The predicted octanol–water partition coefficient (Wildman–Crippen LogP) is 3.13. The van der Waals surface area contributed by atoms with Gasteiger partial charge in [0.1, 0.15) is 5.82 Å². The number of nitrogens with one attached hydrogen (secondary N) is 2. The fourth-order valence-corrected chi connectivity index (χ4v) is 2.86. The molecule has 0 saturated heterocycles. The fraction of sp³-hybridized carbons (Fsp3) is 0.222. The SMILES string of the molecule is CC(NC(=O)C1CC(=O)Nc2ccccc21)c1ccccc1F. The molecule has 23 heavy (non-hydrogen) atoms. The summed E-state index contributed by atoms with van der Waals surface area (Å²) in [5.74, 6) is -1.39. The summed E-state index contributed by atoms with van der Waals surface area (Å²) >= 11 is 0. The Morgan fingerprint density at radius 3 is 2.70 bits per heavy atom. The second-order valence-electron chi connectivity index (χ2n) is 5.64. The van der Waals surface area contributed by atoms with Gasteiger partial charge >= 0.3 is 0 Å². The zero-order chi connectivity index (χ0) is 16.4. The lowest BCUT2D eigenvalue weighted by atomic mass is 9.89. The number of amides is 2. The van der Waals surface area contributed by atoms with Crippen molar-refractivity contribution in [2.75, 3.05) is 5.32 Å².